The van der Waals surface area contributed by atoms with Crippen molar-refractivity contribution >= 4 is 30.7 Å². The van der Waals surface area contributed by atoms with Crippen LogP contribution in [0.4, 0.5) is 0 Å². The highest BCUT2D eigenvalue weighted by Gasteiger charge is 2.35. The maximum absolute atomic E-state index is 13.0. The number of nitrogens with zero attached hydrogens (tertiary/aromatic N) is 2. The smallest absolute Gasteiger partial charge is 0.253 e. The lowest BCUT2D eigenvalue weighted by molar-refractivity contribution is 0.0786. The number of amides is 1. The van der Waals surface area contributed by atoms with Crippen LogP contribution in [0.15, 0.2) is 54.6 Å². The van der Waals surface area contributed by atoms with Crippen molar-refractivity contribution in [1.29, 1.82) is 0 Å². The molecule has 6 heteroatoms. The molecular weight excluding hydrogens is 381 g/mol. The number of rotatable bonds is 5. The van der Waals surface area contributed by atoms with E-state index < -0.39 is 0 Å². The van der Waals surface area contributed by atoms with Gasteiger partial charge in [-0.05, 0) is 49.8 Å². The van der Waals surface area contributed by atoms with Crippen LogP contribution in [0.25, 0.3) is 0 Å². The van der Waals surface area contributed by atoms with Crippen molar-refractivity contribution in [2.24, 2.45) is 11.7 Å². The minimum Gasteiger partial charge on any atom is -0.338 e. The quantitative estimate of drug-likeness (QED) is 0.822. The van der Waals surface area contributed by atoms with Crippen LogP contribution in [0.5, 0.6) is 0 Å². The second-order valence-corrected chi connectivity index (χ2v) is 7.16. The molecule has 0 unspecified atom stereocenters. The molecule has 0 radical (unpaired) electrons. The van der Waals surface area contributed by atoms with Crippen LogP contribution in [-0.4, -0.2) is 49.4 Å². The van der Waals surface area contributed by atoms with Gasteiger partial charge in [-0.2, -0.15) is 0 Å². The number of carbonyl (C=O) groups is 1. The van der Waals surface area contributed by atoms with E-state index in [1.54, 1.807) is 0 Å². The number of hydrogen-bond acceptors (Lipinski definition) is 3. The van der Waals surface area contributed by atoms with Gasteiger partial charge in [0, 0.05) is 31.1 Å². The lowest BCUT2D eigenvalue weighted by Gasteiger charge is -2.18. The largest absolute Gasteiger partial charge is 0.338 e. The first-order valence-electron chi connectivity index (χ1n) is 8.86. The molecule has 0 aromatic heterocycles. The Morgan fingerprint density at radius 2 is 1.78 bits per heavy atom. The Morgan fingerprint density at radius 3 is 2.41 bits per heavy atom. The highest BCUT2D eigenvalue weighted by molar-refractivity contribution is 5.94. The van der Waals surface area contributed by atoms with Gasteiger partial charge >= 0.3 is 0 Å². The Bertz CT molecular complexity index is 724. The molecule has 2 aromatic carbocycles. The van der Waals surface area contributed by atoms with Gasteiger partial charge < -0.3 is 15.5 Å². The van der Waals surface area contributed by atoms with Crippen molar-refractivity contribution < 1.29 is 4.79 Å². The van der Waals surface area contributed by atoms with Gasteiger partial charge in [0.15, 0.2) is 0 Å². The molecule has 1 aliphatic heterocycles. The van der Waals surface area contributed by atoms with Gasteiger partial charge in [-0.1, -0.05) is 42.5 Å². The van der Waals surface area contributed by atoms with Crippen molar-refractivity contribution in [3.63, 3.8) is 0 Å². The Labute approximate surface area is 174 Å². The van der Waals surface area contributed by atoms with Crippen LogP contribution < -0.4 is 5.73 Å². The maximum Gasteiger partial charge on any atom is 0.253 e. The van der Waals surface area contributed by atoms with Crippen molar-refractivity contribution in [1.82, 2.24) is 9.80 Å². The van der Waals surface area contributed by atoms with E-state index in [1.807, 2.05) is 43.3 Å². The fourth-order valence-electron chi connectivity index (χ4n) is 3.70. The van der Waals surface area contributed by atoms with Crippen molar-refractivity contribution in [3.8, 4) is 0 Å². The first-order chi connectivity index (χ1) is 12.1. The average Bonchev–Trinajstić information content (AvgIpc) is 3.06. The molecule has 27 heavy (non-hydrogen) atoms. The predicted molar refractivity (Wildman–Crippen MR) is 116 cm³/mol. The molecule has 2 aromatic rings. The molecule has 0 saturated carbocycles. The third-order valence-corrected chi connectivity index (χ3v) is 4.93. The standard InChI is InChI=1S/C21H27N3O.2ClH/c1-23(2)13-16-7-6-10-18(11-16)21(25)24-14-19(12-22)20(15-24)17-8-4-3-5-9-17;;/h3-11,19-20H,12-15,22H2,1-2H3;2*1H/t19-,20+;;/m1../s1. The third-order valence-electron chi connectivity index (χ3n) is 4.93. The number of likely N-dealkylation sites (tertiary alicyclic amines) is 1. The topological polar surface area (TPSA) is 49.6 Å². The summed E-state index contributed by atoms with van der Waals surface area (Å²) in [7, 11) is 4.07. The summed E-state index contributed by atoms with van der Waals surface area (Å²) >= 11 is 0. The van der Waals surface area contributed by atoms with Gasteiger partial charge in [-0.15, -0.1) is 24.8 Å². The van der Waals surface area contributed by atoms with E-state index in [4.69, 9.17) is 5.73 Å². The Balaban J connectivity index is 0.00000182. The minimum absolute atomic E-state index is 0. The second-order valence-electron chi connectivity index (χ2n) is 7.16. The molecule has 1 heterocycles. The van der Waals surface area contributed by atoms with E-state index in [0.29, 0.717) is 18.4 Å². The minimum atomic E-state index is 0. The molecule has 148 valence electrons. The van der Waals surface area contributed by atoms with Gasteiger partial charge in [0.05, 0.1) is 0 Å². The summed E-state index contributed by atoms with van der Waals surface area (Å²) in [5.41, 5.74) is 9.20. The molecule has 0 spiro atoms. The summed E-state index contributed by atoms with van der Waals surface area (Å²) in [6.07, 6.45) is 0. The van der Waals surface area contributed by atoms with Crippen LogP contribution >= 0.6 is 24.8 Å². The maximum atomic E-state index is 13.0. The zero-order valence-electron chi connectivity index (χ0n) is 15.9. The van der Waals surface area contributed by atoms with Gasteiger partial charge in [-0.25, -0.2) is 0 Å². The summed E-state index contributed by atoms with van der Waals surface area (Å²) in [4.78, 5) is 17.1. The lowest BCUT2D eigenvalue weighted by Crippen LogP contribution is -2.30. The fourth-order valence-corrected chi connectivity index (χ4v) is 3.70. The van der Waals surface area contributed by atoms with Crippen LogP contribution in [0.1, 0.15) is 27.4 Å². The second kappa shape index (κ2) is 10.7. The molecule has 3 rings (SSSR count). The van der Waals surface area contributed by atoms with E-state index in [2.05, 4.69) is 35.2 Å². The third kappa shape index (κ3) is 5.69. The monoisotopic (exact) mass is 409 g/mol. The number of hydrogen-bond donors (Lipinski definition) is 1. The van der Waals surface area contributed by atoms with Gasteiger partial charge in [0.25, 0.3) is 5.91 Å². The van der Waals surface area contributed by atoms with E-state index in [-0.39, 0.29) is 30.7 Å². The number of halogens is 2. The van der Waals surface area contributed by atoms with Crippen molar-refractivity contribution in [2.75, 3.05) is 33.7 Å². The Hall–Kier alpha value is -1.59. The molecule has 2 N–H and O–H groups in total. The van der Waals surface area contributed by atoms with Crippen LogP contribution in [0, 0.1) is 5.92 Å². The fraction of sp³-hybridized carbons (Fsp3) is 0.381. The van der Waals surface area contributed by atoms with E-state index >= 15 is 0 Å². The average molecular weight is 410 g/mol. The van der Waals surface area contributed by atoms with Crippen LogP contribution in [-0.2, 0) is 6.54 Å². The number of benzene rings is 2. The molecule has 0 aliphatic carbocycles. The first kappa shape index (κ1) is 23.4. The summed E-state index contributed by atoms with van der Waals surface area (Å²) in [6, 6.07) is 18.4. The van der Waals surface area contributed by atoms with Crippen LogP contribution in [0.2, 0.25) is 0 Å². The Kier molecular flexibility index (Phi) is 9.27. The first-order valence-corrected chi connectivity index (χ1v) is 8.86. The highest BCUT2D eigenvalue weighted by atomic mass is 35.5. The number of nitrogens with two attached hydrogens (primary N) is 1. The molecule has 2 atom stereocenters. The normalized spacial score (nSPS) is 18.7. The SMILES string of the molecule is CN(C)Cc1cccc(C(=O)N2C[C@@H](CN)[C@H](c3ccccc3)C2)c1.Cl.Cl. The lowest BCUT2D eigenvalue weighted by atomic mass is 9.89. The van der Waals surface area contributed by atoms with Gasteiger partial charge in [0.1, 0.15) is 0 Å². The van der Waals surface area contributed by atoms with Gasteiger partial charge in [-0.3, -0.25) is 4.79 Å². The summed E-state index contributed by atoms with van der Waals surface area (Å²) in [5.74, 6) is 0.744. The molecule has 1 saturated heterocycles. The molecule has 1 fully saturated rings. The highest BCUT2D eigenvalue weighted by Crippen LogP contribution is 2.32. The summed E-state index contributed by atoms with van der Waals surface area (Å²) < 4.78 is 0. The van der Waals surface area contributed by atoms with E-state index in [9.17, 15) is 4.79 Å². The Morgan fingerprint density at radius 1 is 1.07 bits per heavy atom. The predicted octanol–water partition coefficient (Wildman–Crippen LogP) is 3.41. The molecule has 4 nitrogen and oxygen atoms in total. The molecule has 1 amide bonds. The van der Waals surface area contributed by atoms with Crippen LogP contribution in [0.3, 0.4) is 0 Å². The zero-order valence-corrected chi connectivity index (χ0v) is 17.5. The van der Waals surface area contributed by atoms with E-state index in [1.165, 1.54) is 5.56 Å². The van der Waals surface area contributed by atoms with Gasteiger partial charge in [0.2, 0.25) is 0 Å². The summed E-state index contributed by atoms with van der Waals surface area (Å²) in [6.45, 7) is 2.90. The molecule has 1 aliphatic rings. The molecule has 0 bridgehead atoms. The van der Waals surface area contributed by atoms with Crippen molar-refractivity contribution in [2.45, 2.75) is 12.5 Å². The van der Waals surface area contributed by atoms with E-state index in [0.717, 1.165) is 30.8 Å². The zero-order chi connectivity index (χ0) is 17.8. The number of carbonyl (C=O) groups excluding carboxylic acids is 1. The molecular formula is C21H29Cl2N3O. The summed E-state index contributed by atoms with van der Waals surface area (Å²) in [5, 5.41) is 0. The van der Waals surface area contributed by atoms with Crippen molar-refractivity contribution in [3.05, 3.63) is 71.3 Å².